The predicted molar refractivity (Wildman–Crippen MR) is 123 cm³/mol. The quantitative estimate of drug-likeness (QED) is 0.408. The molecular weight excluding hydrogens is 461 g/mol. The lowest BCUT2D eigenvalue weighted by atomic mass is 9.95. The van der Waals surface area contributed by atoms with Gasteiger partial charge in [0.05, 0.1) is 40.8 Å². The molecule has 1 aromatic carbocycles. The van der Waals surface area contributed by atoms with Crippen LogP contribution in [0, 0.1) is 12.3 Å². The third-order valence-corrected chi connectivity index (χ3v) is 5.95. The summed E-state index contributed by atoms with van der Waals surface area (Å²) in [6.07, 6.45) is -0.559. The standard InChI is InChI=1S/C25H23F3N4O3/c1-15-2-5-20(19(10-15)25(26,27)28)32-18-4-3-17(30-14-18)13-31-23(35)24(7-8-24)12-21(33)16-6-9-29-22(34)11-16/h2-6,9-11,14,32H,7-8,12-13H2,1H3,(H,29,34)(H,31,35). The van der Waals surface area contributed by atoms with Crippen molar-refractivity contribution in [2.24, 2.45) is 5.41 Å². The van der Waals surface area contributed by atoms with Gasteiger partial charge in [-0.2, -0.15) is 13.2 Å². The maximum absolute atomic E-state index is 13.3. The molecule has 1 aliphatic carbocycles. The number of aryl methyl sites for hydroxylation is 1. The molecule has 0 aliphatic heterocycles. The van der Waals surface area contributed by atoms with E-state index in [1.807, 2.05) is 0 Å². The number of pyridine rings is 2. The fourth-order valence-corrected chi connectivity index (χ4v) is 3.78. The van der Waals surface area contributed by atoms with Crippen molar-refractivity contribution in [2.45, 2.75) is 38.9 Å². The van der Waals surface area contributed by atoms with Gasteiger partial charge in [0.1, 0.15) is 0 Å². The van der Waals surface area contributed by atoms with Crippen molar-refractivity contribution < 1.29 is 22.8 Å². The van der Waals surface area contributed by atoms with Crippen molar-refractivity contribution in [3.8, 4) is 0 Å². The van der Waals surface area contributed by atoms with E-state index in [0.29, 0.717) is 29.8 Å². The third kappa shape index (κ3) is 5.76. The number of aromatic amines is 1. The van der Waals surface area contributed by atoms with E-state index >= 15 is 0 Å². The molecule has 2 aromatic heterocycles. The highest BCUT2D eigenvalue weighted by Gasteiger charge is 2.51. The van der Waals surface area contributed by atoms with Gasteiger partial charge in [0.15, 0.2) is 5.78 Å². The van der Waals surface area contributed by atoms with Gasteiger partial charge in [0, 0.05) is 24.2 Å². The molecule has 2 heterocycles. The number of Topliss-reactive ketones (excluding diaryl/α,β-unsaturated/α-hetero) is 1. The van der Waals surface area contributed by atoms with Crippen LogP contribution >= 0.6 is 0 Å². The number of aromatic nitrogens is 2. The third-order valence-electron chi connectivity index (χ3n) is 5.95. The molecule has 7 nitrogen and oxygen atoms in total. The summed E-state index contributed by atoms with van der Waals surface area (Å²) in [4.78, 5) is 43.3. The predicted octanol–water partition coefficient (Wildman–Crippen LogP) is 4.51. The summed E-state index contributed by atoms with van der Waals surface area (Å²) in [6.45, 7) is 1.70. The molecule has 0 bridgehead atoms. The first-order chi connectivity index (χ1) is 16.6. The second kappa shape index (κ2) is 9.36. The van der Waals surface area contributed by atoms with Gasteiger partial charge in [-0.25, -0.2) is 0 Å². The minimum atomic E-state index is -4.50. The second-order valence-corrected chi connectivity index (χ2v) is 8.71. The van der Waals surface area contributed by atoms with Crippen molar-refractivity contribution in [1.29, 1.82) is 0 Å². The van der Waals surface area contributed by atoms with Crippen LogP contribution in [-0.4, -0.2) is 21.7 Å². The molecule has 0 spiro atoms. The second-order valence-electron chi connectivity index (χ2n) is 8.71. The Balaban J connectivity index is 1.35. The summed E-state index contributed by atoms with van der Waals surface area (Å²) in [6, 6.07) is 9.93. The minimum Gasteiger partial charge on any atom is -0.354 e. The molecule has 0 radical (unpaired) electrons. The number of carbonyl (C=O) groups is 2. The van der Waals surface area contributed by atoms with Crippen LogP contribution in [-0.2, 0) is 17.5 Å². The van der Waals surface area contributed by atoms with E-state index in [-0.39, 0.29) is 41.5 Å². The number of alkyl halides is 3. The number of hydrogen-bond donors (Lipinski definition) is 3. The lowest BCUT2D eigenvalue weighted by Crippen LogP contribution is -2.33. The summed E-state index contributed by atoms with van der Waals surface area (Å²) >= 11 is 0. The van der Waals surface area contributed by atoms with Crippen LogP contribution in [0.25, 0.3) is 0 Å². The van der Waals surface area contributed by atoms with Gasteiger partial charge in [0.25, 0.3) is 0 Å². The van der Waals surface area contributed by atoms with E-state index < -0.39 is 17.2 Å². The monoisotopic (exact) mass is 484 g/mol. The Kier molecular flexibility index (Phi) is 6.47. The largest absolute Gasteiger partial charge is 0.418 e. The first-order valence-electron chi connectivity index (χ1n) is 11.0. The molecule has 3 aromatic rings. The van der Waals surface area contributed by atoms with Crippen molar-refractivity contribution in [2.75, 3.05) is 5.32 Å². The first kappa shape index (κ1) is 24.2. The van der Waals surface area contributed by atoms with Gasteiger partial charge in [-0.05, 0) is 50.1 Å². The Morgan fingerprint density at radius 1 is 1.11 bits per heavy atom. The van der Waals surface area contributed by atoms with Crippen LogP contribution in [0.1, 0.15) is 46.4 Å². The SMILES string of the molecule is Cc1ccc(Nc2ccc(CNC(=O)C3(CC(=O)c4cc[nH]c(=O)c4)CC3)nc2)c(C(F)(F)F)c1. The lowest BCUT2D eigenvalue weighted by Gasteiger charge is -2.16. The fraction of sp³-hybridized carbons (Fsp3) is 0.280. The molecule has 4 rings (SSSR count). The van der Waals surface area contributed by atoms with Gasteiger partial charge in [-0.1, -0.05) is 11.6 Å². The highest BCUT2D eigenvalue weighted by Crippen LogP contribution is 2.49. The van der Waals surface area contributed by atoms with Crippen LogP contribution in [0.5, 0.6) is 0 Å². The van der Waals surface area contributed by atoms with Gasteiger partial charge in [-0.3, -0.25) is 19.4 Å². The van der Waals surface area contributed by atoms with Crippen molar-refractivity contribution in [3.63, 3.8) is 0 Å². The van der Waals surface area contributed by atoms with E-state index in [0.717, 1.165) is 6.07 Å². The average molecular weight is 484 g/mol. The molecule has 10 heteroatoms. The zero-order chi connectivity index (χ0) is 25.2. The average Bonchev–Trinajstić information content (AvgIpc) is 3.59. The Labute approximate surface area is 198 Å². The van der Waals surface area contributed by atoms with E-state index in [4.69, 9.17) is 0 Å². The van der Waals surface area contributed by atoms with Gasteiger partial charge < -0.3 is 15.6 Å². The summed E-state index contributed by atoms with van der Waals surface area (Å²) < 4.78 is 40.0. The van der Waals surface area contributed by atoms with Crippen LogP contribution < -0.4 is 16.2 Å². The molecule has 1 fully saturated rings. The van der Waals surface area contributed by atoms with E-state index in [2.05, 4.69) is 20.6 Å². The molecule has 0 atom stereocenters. The number of hydrogen-bond acceptors (Lipinski definition) is 5. The van der Waals surface area contributed by atoms with Crippen LogP contribution in [0.4, 0.5) is 24.5 Å². The number of nitrogens with one attached hydrogen (secondary N) is 3. The maximum atomic E-state index is 13.3. The minimum absolute atomic E-state index is 0.0106. The number of benzene rings is 1. The number of rotatable bonds is 8. The maximum Gasteiger partial charge on any atom is 0.418 e. The fourth-order valence-electron chi connectivity index (χ4n) is 3.78. The van der Waals surface area contributed by atoms with Gasteiger partial charge >= 0.3 is 6.18 Å². The number of halogens is 3. The first-order valence-corrected chi connectivity index (χ1v) is 11.0. The van der Waals surface area contributed by atoms with E-state index in [1.54, 1.807) is 25.1 Å². The normalized spacial score (nSPS) is 14.3. The molecule has 3 N–H and O–H groups in total. The summed E-state index contributed by atoms with van der Waals surface area (Å²) in [5.41, 5.74) is -0.367. The lowest BCUT2D eigenvalue weighted by molar-refractivity contribution is -0.137. The molecule has 1 amide bonds. The zero-order valence-electron chi connectivity index (χ0n) is 18.8. The van der Waals surface area contributed by atoms with Crippen LogP contribution in [0.2, 0.25) is 0 Å². The Bertz CT molecular complexity index is 1310. The highest BCUT2D eigenvalue weighted by atomic mass is 19.4. The Morgan fingerprint density at radius 3 is 2.51 bits per heavy atom. The summed E-state index contributed by atoms with van der Waals surface area (Å²) in [7, 11) is 0. The number of amides is 1. The van der Waals surface area contributed by atoms with Crippen LogP contribution in [0.15, 0.2) is 59.7 Å². The molecule has 0 saturated heterocycles. The molecule has 35 heavy (non-hydrogen) atoms. The number of carbonyl (C=O) groups excluding carboxylic acids is 2. The Hall–Kier alpha value is -3.95. The number of ketones is 1. The van der Waals surface area contributed by atoms with Crippen molar-refractivity contribution in [3.05, 3.63) is 87.6 Å². The zero-order valence-corrected chi connectivity index (χ0v) is 18.8. The van der Waals surface area contributed by atoms with Crippen molar-refractivity contribution in [1.82, 2.24) is 15.3 Å². The smallest absolute Gasteiger partial charge is 0.354 e. The molecule has 182 valence electrons. The topological polar surface area (TPSA) is 104 Å². The molecular formula is C25H23F3N4O3. The van der Waals surface area contributed by atoms with E-state index in [1.165, 1.54) is 30.6 Å². The van der Waals surface area contributed by atoms with E-state index in [9.17, 15) is 27.6 Å². The van der Waals surface area contributed by atoms with Gasteiger partial charge in [-0.15, -0.1) is 0 Å². The molecule has 0 unspecified atom stereocenters. The summed E-state index contributed by atoms with van der Waals surface area (Å²) in [5, 5.41) is 5.53. The summed E-state index contributed by atoms with van der Waals surface area (Å²) in [5.74, 6) is -0.541. The molecule has 1 saturated carbocycles. The number of H-pyrrole nitrogens is 1. The Morgan fingerprint density at radius 2 is 1.89 bits per heavy atom. The van der Waals surface area contributed by atoms with Crippen molar-refractivity contribution >= 4 is 23.1 Å². The molecule has 1 aliphatic rings. The number of nitrogens with zero attached hydrogens (tertiary/aromatic N) is 1. The van der Waals surface area contributed by atoms with Gasteiger partial charge in [0.2, 0.25) is 11.5 Å². The number of anilines is 2. The highest BCUT2D eigenvalue weighted by molar-refractivity contribution is 6.00. The van der Waals surface area contributed by atoms with Crippen LogP contribution in [0.3, 0.4) is 0 Å².